The fraction of sp³-hybridized carbons (Fsp3) is 0.160. The van der Waals surface area contributed by atoms with Gasteiger partial charge in [-0.1, -0.05) is 60.7 Å². The van der Waals surface area contributed by atoms with E-state index in [0.29, 0.717) is 5.69 Å². The van der Waals surface area contributed by atoms with Crippen LogP contribution in [0.5, 0.6) is 0 Å². The van der Waals surface area contributed by atoms with Crippen LogP contribution in [-0.2, 0) is 11.3 Å². The molecule has 7 nitrogen and oxygen atoms in total. The molecule has 0 saturated heterocycles. The summed E-state index contributed by atoms with van der Waals surface area (Å²) in [6, 6.07) is 26.8. The first-order valence-electron chi connectivity index (χ1n) is 10.3. The lowest BCUT2D eigenvalue weighted by molar-refractivity contribution is -0.117. The summed E-state index contributed by atoms with van der Waals surface area (Å²) in [5.41, 5.74) is 3.55. The lowest BCUT2D eigenvalue weighted by atomic mass is 9.91. The van der Waals surface area contributed by atoms with E-state index in [1.807, 2.05) is 104 Å². The second kappa shape index (κ2) is 9.34. The lowest BCUT2D eigenvalue weighted by Crippen LogP contribution is -2.26. The van der Waals surface area contributed by atoms with Crippen molar-refractivity contribution >= 4 is 17.3 Å². The molecule has 1 N–H and O–H groups in total. The van der Waals surface area contributed by atoms with Crippen molar-refractivity contribution in [2.24, 2.45) is 0 Å². The van der Waals surface area contributed by atoms with Crippen molar-refractivity contribution in [1.29, 1.82) is 0 Å². The number of nitrogens with zero attached hydrogens (tertiary/aromatic N) is 3. The molecule has 0 bridgehead atoms. The van der Waals surface area contributed by atoms with E-state index in [2.05, 4.69) is 10.4 Å². The molecule has 32 heavy (non-hydrogen) atoms. The molecule has 0 fully saturated rings. The number of carbonyl (C=O) groups excluding carboxylic acids is 1. The molecule has 4 aromatic rings. The number of nitrogens with one attached hydrogen (secondary N) is 1. The van der Waals surface area contributed by atoms with Crippen molar-refractivity contribution in [1.82, 2.24) is 9.78 Å². The van der Waals surface area contributed by atoms with Crippen molar-refractivity contribution < 1.29 is 9.21 Å². The maximum absolute atomic E-state index is 12.5. The number of aromatic nitrogens is 2. The van der Waals surface area contributed by atoms with E-state index in [4.69, 9.17) is 4.42 Å². The van der Waals surface area contributed by atoms with Gasteiger partial charge in [0.05, 0.1) is 5.92 Å². The Morgan fingerprint density at radius 3 is 2.03 bits per heavy atom. The zero-order valence-corrected chi connectivity index (χ0v) is 17.9. The first-order valence-corrected chi connectivity index (χ1v) is 10.3. The number of hydrogen-bond donors (Lipinski definition) is 1. The Balaban J connectivity index is 1.56. The minimum absolute atomic E-state index is 0.242. The SMILES string of the molecule is CN(C)c1ccc(NC(=O)Cn2nc(C(c3ccccc3)c3ccccc3)oc2=O)cc1. The van der Waals surface area contributed by atoms with Gasteiger partial charge in [0.2, 0.25) is 11.8 Å². The maximum Gasteiger partial charge on any atom is 0.437 e. The van der Waals surface area contributed by atoms with Gasteiger partial charge in [0.15, 0.2) is 0 Å². The third kappa shape index (κ3) is 4.78. The minimum atomic E-state index is -0.671. The average Bonchev–Trinajstić information content (AvgIpc) is 3.15. The van der Waals surface area contributed by atoms with Gasteiger partial charge in [-0.25, -0.2) is 4.79 Å². The predicted octanol–water partition coefficient (Wildman–Crippen LogP) is 3.72. The van der Waals surface area contributed by atoms with Gasteiger partial charge in [-0.3, -0.25) is 4.79 Å². The fourth-order valence-electron chi connectivity index (χ4n) is 3.49. The van der Waals surface area contributed by atoms with E-state index in [-0.39, 0.29) is 24.3 Å². The smallest absolute Gasteiger partial charge is 0.391 e. The number of benzene rings is 3. The second-order valence-corrected chi connectivity index (χ2v) is 7.61. The predicted molar refractivity (Wildman–Crippen MR) is 124 cm³/mol. The van der Waals surface area contributed by atoms with Gasteiger partial charge in [-0.05, 0) is 35.4 Å². The van der Waals surface area contributed by atoms with Crippen LogP contribution in [-0.4, -0.2) is 29.8 Å². The molecule has 7 heteroatoms. The summed E-state index contributed by atoms with van der Waals surface area (Å²) in [7, 11) is 3.89. The Kier molecular flexibility index (Phi) is 6.17. The highest BCUT2D eigenvalue weighted by molar-refractivity contribution is 5.90. The molecule has 4 rings (SSSR count). The summed E-state index contributed by atoms with van der Waals surface area (Å²) in [5, 5.41) is 7.14. The van der Waals surface area contributed by atoms with E-state index in [1.165, 1.54) is 0 Å². The lowest BCUT2D eigenvalue weighted by Gasteiger charge is -2.14. The fourth-order valence-corrected chi connectivity index (χ4v) is 3.49. The molecule has 0 spiro atoms. The van der Waals surface area contributed by atoms with Crippen molar-refractivity contribution in [2.45, 2.75) is 12.5 Å². The van der Waals surface area contributed by atoms with Gasteiger partial charge < -0.3 is 14.6 Å². The van der Waals surface area contributed by atoms with Crippen LogP contribution in [0, 0.1) is 0 Å². The Morgan fingerprint density at radius 1 is 0.938 bits per heavy atom. The molecule has 162 valence electrons. The van der Waals surface area contributed by atoms with E-state index in [0.717, 1.165) is 21.5 Å². The van der Waals surface area contributed by atoms with Crippen LogP contribution in [0.1, 0.15) is 22.9 Å². The number of anilines is 2. The molecule has 0 unspecified atom stereocenters. The van der Waals surface area contributed by atoms with Gasteiger partial charge in [-0.15, -0.1) is 5.10 Å². The van der Waals surface area contributed by atoms with Crippen LogP contribution in [0.15, 0.2) is 94.1 Å². The number of rotatable bonds is 7. The van der Waals surface area contributed by atoms with Gasteiger partial charge in [-0.2, -0.15) is 4.68 Å². The van der Waals surface area contributed by atoms with E-state index in [9.17, 15) is 9.59 Å². The van der Waals surface area contributed by atoms with Crippen molar-refractivity contribution in [2.75, 3.05) is 24.3 Å². The van der Waals surface area contributed by atoms with E-state index >= 15 is 0 Å². The van der Waals surface area contributed by atoms with Crippen LogP contribution in [0.3, 0.4) is 0 Å². The quantitative estimate of drug-likeness (QED) is 0.485. The monoisotopic (exact) mass is 428 g/mol. The van der Waals surface area contributed by atoms with E-state index in [1.54, 1.807) is 0 Å². The molecule has 0 radical (unpaired) electrons. The molecule has 0 aliphatic carbocycles. The van der Waals surface area contributed by atoms with Crippen LogP contribution in [0.2, 0.25) is 0 Å². The second-order valence-electron chi connectivity index (χ2n) is 7.61. The van der Waals surface area contributed by atoms with Gasteiger partial charge in [0.1, 0.15) is 6.54 Å². The minimum Gasteiger partial charge on any atom is -0.391 e. The molecular weight excluding hydrogens is 404 g/mol. The summed E-state index contributed by atoms with van der Waals surface area (Å²) in [6.45, 7) is -0.242. The Bertz CT molecular complexity index is 1190. The van der Waals surface area contributed by atoms with Gasteiger partial charge >= 0.3 is 5.76 Å². The summed E-state index contributed by atoms with van der Waals surface area (Å²) in [4.78, 5) is 26.9. The Hall–Kier alpha value is -4.13. The molecular formula is C25H24N4O3. The van der Waals surface area contributed by atoms with E-state index < -0.39 is 5.76 Å². The average molecular weight is 428 g/mol. The molecule has 1 aromatic heterocycles. The van der Waals surface area contributed by atoms with Crippen LogP contribution in [0.4, 0.5) is 11.4 Å². The van der Waals surface area contributed by atoms with Gasteiger partial charge in [0, 0.05) is 25.5 Å². The molecule has 3 aromatic carbocycles. The highest BCUT2D eigenvalue weighted by Gasteiger charge is 2.24. The first-order chi connectivity index (χ1) is 15.5. The molecule has 0 aliphatic rings. The Morgan fingerprint density at radius 2 is 1.50 bits per heavy atom. The summed E-state index contributed by atoms with van der Waals surface area (Å²) >= 11 is 0. The topological polar surface area (TPSA) is 80.4 Å². The largest absolute Gasteiger partial charge is 0.437 e. The molecule has 0 saturated carbocycles. The zero-order chi connectivity index (χ0) is 22.5. The summed E-state index contributed by atoms with van der Waals surface area (Å²) < 4.78 is 6.54. The molecule has 1 amide bonds. The number of carbonyl (C=O) groups is 1. The normalized spacial score (nSPS) is 10.8. The summed E-state index contributed by atoms with van der Waals surface area (Å²) in [6.07, 6.45) is 0. The highest BCUT2D eigenvalue weighted by Crippen LogP contribution is 2.29. The maximum atomic E-state index is 12.5. The van der Waals surface area contributed by atoms with Gasteiger partial charge in [0.25, 0.3) is 0 Å². The van der Waals surface area contributed by atoms with Crippen LogP contribution >= 0.6 is 0 Å². The summed E-state index contributed by atoms with van der Waals surface area (Å²) in [5.74, 6) is -1.14. The standard InChI is InChI=1S/C25H24N4O3/c1-28(2)21-15-13-20(14-16-21)26-22(30)17-29-25(31)32-24(27-29)23(18-9-5-3-6-10-18)19-11-7-4-8-12-19/h3-16,23H,17H2,1-2H3,(H,26,30). The molecule has 0 aliphatic heterocycles. The zero-order valence-electron chi connectivity index (χ0n) is 17.9. The molecule has 1 heterocycles. The Labute approximate surface area is 185 Å². The van der Waals surface area contributed by atoms with Crippen LogP contribution in [0.25, 0.3) is 0 Å². The third-order valence-electron chi connectivity index (χ3n) is 5.10. The van der Waals surface area contributed by atoms with Crippen molar-refractivity contribution in [3.63, 3.8) is 0 Å². The molecule has 0 atom stereocenters. The number of amides is 1. The highest BCUT2D eigenvalue weighted by atomic mass is 16.4. The third-order valence-corrected chi connectivity index (χ3v) is 5.10. The van der Waals surface area contributed by atoms with Crippen molar-refractivity contribution in [3.05, 3.63) is 112 Å². The number of hydrogen-bond acceptors (Lipinski definition) is 5. The first kappa shape index (κ1) is 21.1. The van der Waals surface area contributed by atoms with Crippen LogP contribution < -0.4 is 16.0 Å². The van der Waals surface area contributed by atoms with Crippen molar-refractivity contribution in [3.8, 4) is 0 Å².